The molecule has 3 rings (SSSR count). The summed E-state index contributed by atoms with van der Waals surface area (Å²) in [5.41, 5.74) is 2.43. The number of hydrogen-bond acceptors (Lipinski definition) is 2. The SMILES string of the molecule is COc1cc(OCc2ccccc2)ccc1C[NH+]1CC[NH+](C)CC1. The van der Waals surface area contributed by atoms with Gasteiger partial charge >= 0.3 is 0 Å². The van der Waals surface area contributed by atoms with E-state index >= 15 is 0 Å². The van der Waals surface area contributed by atoms with Crippen LogP contribution in [0.25, 0.3) is 0 Å². The van der Waals surface area contributed by atoms with Gasteiger partial charge in [0.1, 0.15) is 50.8 Å². The Bertz CT molecular complexity index is 637. The monoisotopic (exact) mass is 328 g/mol. The third-order valence-electron chi connectivity index (χ3n) is 4.76. The molecule has 2 N–H and O–H groups in total. The number of piperazine rings is 1. The van der Waals surface area contributed by atoms with Crippen molar-refractivity contribution in [3.8, 4) is 11.5 Å². The lowest BCUT2D eigenvalue weighted by Crippen LogP contribution is -3.26. The first-order valence-corrected chi connectivity index (χ1v) is 8.73. The Morgan fingerprint density at radius 2 is 1.71 bits per heavy atom. The third kappa shape index (κ3) is 4.49. The van der Waals surface area contributed by atoms with Crippen LogP contribution in [0.5, 0.6) is 11.5 Å². The van der Waals surface area contributed by atoms with Crippen molar-refractivity contribution in [1.29, 1.82) is 0 Å². The fourth-order valence-electron chi connectivity index (χ4n) is 3.18. The van der Waals surface area contributed by atoms with Crippen LogP contribution < -0.4 is 19.3 Å². The fraction of sp³-hybridized carbons (Fsp3) is 0.400. The van der Waals surface area contributed by atoms with Crippen LogP contribution in [0.1, 0.15) is 11.1 Å². The maximum atomic E-state index is 5.90. The highest BCUT2D eigenvalue weighted by atomic mass is 16.5. The van der Waals surface area contributed by atoms with Gasteiger partial charge in [0.25, 0.3) is 0 Å². The van der Waals surface area contributed by atoms with Crippen LogP contribution in [-0.2, 0) is 13.2 Å². The van der Waals surface area contributed by atoms with Gasteiger partial charge in [0.05, 0.1) is 14.2 Å². The van der Waals surface area contributed by atoms with Crippen LogP contribution in [0, 0.1) is 0 Å². The Labute approximate surface area is 144 Å². The molecule has 0 aliphatic carbocycles. The van der Waals surface area contributed by atoms with Gasteiger partial charge in [-0.25, -0.2) is 0 Å². The van der Waals surface area contributed by atoms with E-state index in [-0.39, 0.29) is 0 Å². The molecule has 1 aliphatic heterocycles. The van der Waals surface area contributed by atoms with Gasteiger partial charge in [-0.1, -0.05) is 30.3 Å². The molecule has 0 atom stereocenters. The second-order valence-corrected chi connectivity index (χ2v) is 6.63. The Morgan fingerprint density at radius 1 is 0.958 bits per heavy atom. The normalized spacial score (nSPS) is 20.6. The fourth-order valence-corrected chi connectivity index (χ4v) is 3.18. The molecule has 1 fully saturated rings. The van der Waals surface area contributed by atoms with E-state index in [0.29, 0.717) is 6.61 Å². The summed E-state index contributed by atoms with van der Waals surface area (Å²) in [6, 6.07) is 16.4. The summed E-state index contributed by atoms with van der Waals surface area (Å²) >= 11 is 0. The molecule has 4 nitrogen and oxygen atoms in total. The van der Waals surface area contributed by atoms with Crippen molar-refractivity contribution in [3.63, 3.8) is 0 Å². The van der Waals surface area contributed by atoms with Crippen LogP contribution in [0.4, 0.5) is 0 Å². The zero-order chi connectivity index (χ0) is 16.8. The molecule has 1 saturated heterocycles. The molecule has 1 heterocycles. The molecule has 1 aliphatic rings. The van der Waals surface area contributed by atoms with Crippen molar-refractivity contribution < 1.29 is 19.3 Å². The van der Waals surface area contributed by atoms with Crippen LogP contribution in [-0.4, -0.2) is 40.3 Å². The lowest BCUT2D eigenvalue weighted by Gasteiger charge is -2.27. The number of likely N-dealkylation sites (N-methyl/N-ethyl adjacent to an activating group) is 1. The molecule has 0 aromatic heterocycles. The van der Waals surface area contributed by atoms with Crippen LogP contribution in [0.3, 0.4) is 0 Å². The summed E-state index contributed by atoms with van der Waals surface area (Å²) in [4.78, 5) is 3.27. The summed E-state index contributed by atoms with van der Waals surface area (Å²) in [6.45, 7) is 6.54. The van der Waals surface area contributed by atoms with Gasteiger partial charge in [0.15, 0.2) is 0 Å². The minimum Gasteiger partial charge on any atom is -0.496 e. The predicted molar refractivity (Wildman–Crippen MR) is 94.8 cm³/mol. The summed E-state index contributed by atoms with van der Waals surface area (Å²) in [5.74, 6) is 1.79. The molecule has 0 radical (unpaired) electrons. The molecule has 0 spiro atoms. The van der Waals surface area contributed by atoms with Gasteiger partial charge in [-0.2, -0.15) is 0 Å². The number of ether oxygens (including phenoxy) is 2. The van der Waals surface area contributed by atoms with Crippen molar-refractivity contribution in [2.45, 2.75) is 13.2 Å². The van der Waals surface area contributed by atoms with Crippen LogP contribution in [0.15, 0.2) is 48.5 Å². The van der Waals surface area contributed by atoms with Gasteiger partial charge in [0.2, 0.25) is 0 Å². The van der Waals surface area contributed by atoms with Gasteiger partial charge in [-0.05, 0) is 17.7 Å². The van der Waals surface area contributed by atoms with E-state index in [4.69, 9.17) is 9.47 Å². The van der Waals surface area contributed by atoms with E-state index in [1.165, 1.54) is 37.3 Å². The Morgan fingerprint density at radius 3 is 2.42 bits per heavy atom. The molecule has 24 heavy (non-hydrogen) atoms. The second kappa shape index (κ2) is 8.18. The smallest absolute Gasteiger partial charge is 0.131 e. The van der Waals surface area contributed by atoms with Crippen molar-refractivity contribution in [2.75, 3.05) is 40.3 Å². The molecular formula is C20H28N2O2+2. The summed E-state index contributed by atoms with van der Waals surface area (Å²) < 4.78 is 11.5. The molecular weight excluding hydrogens is 300 g/mol. The zero-order valence-corrected chi connectivity index (χ0v) is 14.7. The maximum absolute atomic E-state index is 5.90. The molecule has 0 saturated carbocycles. The van der Waals surface area contributed by atoms with Gasteiger partial charge in [-0.3, -0.25) is 0 Å². The zero-order valence-electron chi connectivity index (χ0n) is 14.7. The molecule has 4 heteroatoms. The number of benzene rings is 2. The largest absolute Gasteiger partial charge is 0.496 e. The highest BCUT2D eigenvalue weighted by molar-refractivity contribution is 5.40. The van der Waals surface area contributed by atoms with Gasteiger partial charge in [-0.15, -0.1) is 0 Å². The number of methoxy groups -OCH3 is 1. The Kier molecular flexibility index (Phi) is 5.72. The van der Waals surface area contributed by atoms with Gasteiger partial charge < -0.3 is 19.3 Å². The molecule has 0 amide bonds. The Hall–Kier alpha value is -2.04. The van der Waals surface area contributed by atoms with Crippen LogP contribution in [0.2, 0.25) is 0 Å². The third-order valence-corrected chi connectivity index (χ3v) is 4.76. The van der Waals surface area contributed by atoms with Crippen molar-refractivity contribution >= 4 is 0 Å². The Balaban J connectivity index is 1.62. The molecule has 2 aromatic carbocycles. The molecule has 2 aromatic rings. The molecule has 0 bridgehead atoms. The predicted octanol–water partition coefficient (Wildman–Crippen LogP) is 0.187. The molecule has 0 unspecified atom stereocenters. The first-order chi connectivity index (χ1) is 11.7. The van der Waals surface area contributed by atoms with E-state index in [1.807, 2.05) is 24.3 Å². The summed E-state index contributed by atoms with van der Waals surface area (Å²) in [7, 11) is 4.01. The maximum Gasteiger partial charge on any atom is 0.131 e. The van der Waals surface area contributed by atoms with Gasteiger partial charge in [0, 0.05) is 11.6 Å². The molecule has 128 valence electrons. The number of rotatable bonds is 6. The van der Waals surface area contributed by atoms with E-state index in [2.05, 4.69) is 31.3 Å². The standard InChI is InChI=1S/C20H26N2O2/c1-21-10-12-22(13-11-21)15-18-8-9-19(14-20(18)23-2)24-16-17-6-4-3-5-7-17/h3-9,14H,10-13,15-16H2,1-2H3/p+2. The van der Waals surface area contributed by atoms with Crippen molar-refractivity contribution in [1.82, 2.24) is 0 Å². The number of hydrogen-bond donors (Lipinski definition) is 2. The minimum absolute atomic E-state index is 0.579. The average Bonchev–Trinajstić information content (AvgIpc) is 2.63. The second-order valence-electron chi connectivity index (χ2n) is 6.63. The summed E-state index contributed by atoms with van der Waals surface area (Å²) in [5, 5.41) is 0. The summed E-state index contributed by atoms with van der Waals surface area (Å²) in [6.07, 6.45) is 0. The van der Waals surface area contributed by atoms with E-state index in [1.54, 1.807) is 16.9 Å². The average molecular weight is 328 g/mol. The number of nitrogens with one attached hydrogen (secondary N) is 2. The van der Waals surface area contributed by atoms with E-state index in [9.17, 15) is 0 Å². The van der Waals surface area contributed by atoms with E-state index < -0.39 is 0 Å². The highest BCUT2D eigenvalue weighted by Crippen LogP contribution is 2.25. The quantitative estimate of drug-likeness (QED) is 0.792. The minimum atomic E-state index is 0.579. The van der Waals surface area contributed by atoms with Crippen LogP contribution >= 0.6 is 0 Å². The lowest BCUT2D eigenvalue weighted by molar-refractivity contribution is -1.01. The highest BCUT2D eigenvalue weighted by Gasteiger charge is 2.21. The van der Waals surface area contributed by atoms with E-state index in [0.717, 1.165) is 18.0 Å². The topological polar surface area (TPSA) is 27.3 Å². The van der Waals surface area contributed by atoms with Crippen molar-refractivity contribution in [3.05, 3.63) is 59.7 Å². The van der Waals surface area contributed by atoms with Crippen molar-refractivity contribution in [2.24, 2.45) is 0 Å². The number of quaternary nitrogens is 2. The lowest BCUT2D eigenvalue weighted by atomic mass is 10.1. The first kappa shape index (κ1) is 16.8. The first-order valence-electron chi connectivity index (χ1n) is 8.73.